The first-order chi connectivity index (χ1) is 10.3. The van der Waals surface area contributed by atoms with Crippen LogP contribution in [0.1, 0.15) is 10.4 Å². The molecule has 0 aromatic heterocycles. The van der Waals surface area contributed by atoms with E-state index in [4.69, 9.17) is 16.7 Å². The highest BCUT2D eigenvalue weighted by molar-refractivity contribution is 6.30. The molecule has 0 spiro atoms. The van der Waals surface area contributed by atoms with Gasteiger partial charge in [-0.05, 0) is 25.2 Å². The van der Waals surface area contributed by atoms with Crippen LogP contribution in [-0.4, -0.2) is 70.7 Å². The summed E-state index contributed by atoms with van der Waals surface area (Å²) in [5.74, 6) is -2.31. The number of carboxylic acids is 1. The normalized spacial score (nSPS) is 21.4. The molecule has 1 aromatic carbocycles. The van der Waals surface area contributed by atoms with Crippen molar-refractivity contribution in [3.8, 4) is 0 Å². The van der Waals surface area contributed by atoms with E-state index in [9.17, 15) is 19.1 Å². The Morgan fingerprint density at radius 1 is 1.45 bits per heavy atom. The van der Waals surface area contributed by atoms with E-state index in [-0.39, 0.29) is 30.2 Å². The van der Waals surface area contributed by atoms with Crippen LogP contribution in [0.2, 0.25) is 5.02 Å². The van der Waals surface area contributed by atoms with Crippen molar-refractivity contribution in [3.05, 3.63) is 34.6 Å². The number of aliphatic carboxylic acids is 1. The van der Waals surface area contributed by atoms with Crippen molar-refractivity contribution in [2.75, 3.05) is 26.7 Å². The molecule has 8 heteroatoms. The fourth-order valence-corrected chi connectivity index (χ4v) is 2.69. The van der Waals surface area contributed by atoms with Crippen LogP contribution in [0.25, 0.3) is 0 Å². The summed E-state index contributed by atoms with van der Waals surface area (Å²) < 4.78 is 13.8. The lowest BCUT2D eigenvalue weighted by Gasteiger charge is -2.24. The van der Waals surface area contributed by atoms with Crippen LogP contribution >= 0.6 is 11.6 Å². The molecule has 120 valence electrons. The zero-order chi connectivity index (χ0) is 16.4. The summed E-state index contributed by atoms with van der Waals surface area (Å²) in [5, 5.41) is 19.0. The summed E-state index contributed by atoms with van der Waals surface area (Å²) in [5.41, 5.74) is -0.127. The largest absolute Gasteiger partial charge is 0.480 e. The van der Waals surface area contributed by atoms with E-state index in [1.165, 1.54) is 21.9 Å². The van der Waals surface area contributed by atoms with Crippen LogP contribution in [0.4, 0.5) is 4.39 Å². The zero-order valence-corrected chi connectivity index (χ0v) is 12.6. The molecule has 1 aliphatic heterocycles. The number of aliphatic hydroxyl groups is 1. The minimum atomic E-state index is -1.02. The van der Waals surface area contributed by atoms with Gasteiger partial charge in [0.2, 0.25) is 0 Å². The molecule has 1 amide bonds. The number of amides is 1. The molecular weight excluding hydrogens is 315 g/mol. The molecule has 1 aliphatic rings. The second-order valence-corrected chi connectivity index (χ2v) is 5.71. The van der Waals surface area contributed by atoms with Crippen molar-refractivity contribution in [3.63, 3.8) is 0 Å². The summed E-state index contributed by atoms with van der Waals surface area (Å²) in [4.78, 5) is 25.8. The lowest BCUT2D eigenvalue weighted by Crippen LogP contribution is -2.43. The highest BCUT2D eigenvalue weighted by atomic mass is 35.5. The molecular formula is C14H16ClFN2O4. The Morgan fingerprint density at radius 2 is 2.14 bits per heavy atom. The van der Waals surface area contributed by atoms with Gasteiger partial charge in [0, 0.05) is 18.1 Å². The molecule has 6 nitrogen and oxygen atoms in total. The van der Waals surface area contributed by atoms with Gasteiger partial charge in [0.05, 0.1) is 24.3 Å². The Balaban J connectivity index is 2.11. The zero-order valence-electron chi connectivity index (χ0n) is 11.9. The number of hydrogen-bond acceptors (Lipinski definition) is 4. The Labute approximate surface area is 131 Å². The summed E-state index contributed by atoms with van der Waals surface area (Å²) in [6.45, 7) is -0.0968. The molecule has 0 aliphatic carbocycles. The van der Waals surface area contributed by atoms with Crippen molar-refractivity contribution in [2.45, 2.75) is 12.1 Å². The van der Waals surface area contributed by atoms with Crippen molar-refractivity contribution in [2.24, 2.45) is 0 Å². The molecule has 2 atom stereocenters. The minimum Gasteiger partial charge on any atom is -0.480 e. The average Bonchev–Trinajstić information content (AvgIpc) is 2.79. The molecule has 1 aromatic rings. The van der Waals surface area contributed by atoms with Crippen molar-refractivity contribution >= 4 is 23.5 Å². The number of benzene rings is 1. The Kier molecular flexibility index (Phi) is 5.00. The summed E-state index contributed by atoms with van der Waals surface area (Å²) >= 11 is 5.65. The fourth-order valence-electron chi connectivity index (χ4n) is 2.53. The van der Waals surface area contributed by atoms with Crippen molar-refractivity contribution < 1.29 is 24.2 Å². The first kappa shape index (κ1) is 16.7. The number of nitrogens with zero attached hydrogens (tertiary/aromatic N) is 2. The Morgan fingerprint density at radius 3 is 2.73 bits per heavy atom. The predicted octanol–water partition coefficient (Wildman–Crippen LogP) is 0.681. The van der Waals surface area contributed by atoms with Gasteiger partial charge in [0.1, 0.15) is 5.82 Å². The second kappa shape index (κ2) is 6.60. The van der Waals surface area contributed by atoms with Crippen LogP contribution in [-0.2, 0) is 4.79 Å². The van der Waals surface area contributed by atoms with Gasteiger partial charge in [-0.25, -0.2) is 4.39 Å². The number of β-amino-alcohol motifs (C(OH)–C–C–N with tert-alkyl or cyclic N) is 1. The number of hydrogen-bond donors (Lipinski definition) is 2. The van der Waals surface area contributed by atoms with E-state index >= 15 is 0 Å². The third-order valence-corrected chi connectivity index (χ3v) is 3.89. The number of carbonyl (C=O) groups excluding carboxylic acids is 1. The van der Waals surface area contributed by atoms with Crippen LogP contribution in [0, 0.1) is 5.82 Å². The second-order valence-electron chi connectivity index (χ2n) is 5.28. The summed E-state index contributed by atoms with van der Waals surface area (Å²) in [6, 6.07) is 3.25. The van der Waals surface area contributed by atoms with Gasteiger partial charge in [0.25, 0.3) is 5.91 Å². The molecule has 1 heterocycles. The summed E-state index contributed by atoms with van der Waals surface area (Å²) in [6.07, 6.45) is -0.885. The maximum absolute atomic E-state index is 13.8. The maximum atomic E-state index is 13.8. The average molecular weight is 331 g/mol. The van der Waals surface area contributed by atoms with E-state index in [2.05, 4.69) is 0 Å². The van der Waals surface area contributed by atoms with Gasteiger partial charge in [-0.3, -0.25) is 14.5 Å². The molecule has 0 radical (unpaired) electrons. The van der Waals surface area contributed by atoms with Crippen molar-refractivity contribution in [1.82, 2.24) is 9.80 Å². The Hall–Kier alpha value is -1.70. The third-order valence-electron chi connectivity index (χ3n) is 3.66. The van der Waals surface area contributed by atoms with Crippen molar-refractivity contribution in [1.29, 1.82) is 0 Å². The van der Waals surface area contributed by atoms with Gasteiger partial charge >= 0.3 is 5.97 Å². The maximum Gasteiger partial charge on any atom is 0.317 e. The first-order valence-electron chi connectivity index (χ1n) is 6.64. The number of rotatable bonds is 4. The SMILES string of the molecule is CN(CC(=O)O)C1CN(C(=O)c2ccc(Cl)cc2F)C[C@H]1O. The van der Waals surface area contributed by atoms with Crippen LogP contribution < -0.4 is 0 Å². The van der Waals surface area contributed by atoms with Crippen LogP contribution in [0.5, 0.6) is 0 Å². The van der Waals surface area contributed by atoms with E-state index in [0.29, 0.717) is 0 Å². The fraction of sp³-hybridized carbons (Fsp3) is 0.429. The Bertz CT molecular complexity index is 598. The summed E-state index contributed by atoms with van der Waals surface area (Å²) in [7, 11) is 1.55. The minimum absolute atomic E-state index is 0.0233. The highest BCUT2D eigenvalue weighted by Gasteiger charge is 2.37. The van der Waals surface area contributed by atoms with E-state index in [1.807, 2.05) is 0 Å². The smallest absolute Gasteiger partial charge is 0.317 e. The van der Waals surface area contributed by atoms with Gasteiger partial charge in [-0.1, -0.05) is 11.6 Å². The molecule has 22 heavy (non-hydrogen) atoms. The number of carbonyl (C=O) groups is 2. The molecule has 0 bridgehead atoms. The number of likely N-dealkylation sites (N-methyl/N-ethyl adjacent to an activating group) is 1. The van der Waals surface area contributed by atoms with E-state index < -0.39 is 29.8 Å². The van der Waals surface area contributed by atoms with Gasteiger partial charge in [-0.2, -0.15) is 0 Å². The molecule has 1 saturated heterocycles. The van der Waals surface area contributed by atoms with E-state index in [1.54, 1.807) is 7.05 Å². The molecule has 2 rings (SSSR count). The van der Waals surface area contributed by atoms with Gasteiger partial charge in [-0.15, -0.1) is 0 Å². The monoisotopic (exact) mass is 330 g/mol. The predicted molar refractivity (Wildman–Crippen MR) is 77.4 cm³/mol. The number of halogens is 2. The molecule has 1 unspecified atom stereocenters. The number of aliphatic hydroxyl groups excluding tert-OH is 1. The standard InChI is InChI=1S/C14H16ClFN2O4/c1-17(7-13(20)21)11-5-18(6-12(11)19)14(22)9-3-2-8(15)4-10(9)16/h2-4,11-12,19H,5-7H2,1H3,(H,20,21)/t11?,12-/m1/s1. The molecule has 1 fully saturated rings. The lowest BCUT2D eigenvalue weighted by atomic mass is 10.2. The van der Waals surface area contributed by atoms with Crippen LogP contribution in [0.3, 0.4) is 0 Å². The molecule has 2 N–H and O–H groups in total. The quantitative estimate of drug-likeness (QED) is 0.848. The highest BCUT2D eigenvalue weighted by Crippen LogP contribution is 2.21. The van der Waals surface area contributed by atoms with E-state index in [0.717, 1.165) is 6.07 Å². The van der Waals surface area contributed by atoms with Crippen LogP contribution in [0.15, 0.2) is 18.2 Å². The third kappa shape index (κ3) is 3.55. The van der Waals surface area contributed by atoms with Gasteiger partial charge < -0.3 is 15.1 Å². The topological polar surface area (TPSA) is 81.1 Å². The first-order valence-corrected chi connectivity index (χ1v) is 7.02. The molecule has 0 saturated carbocycles. The number of carboxylic acid groups (broad SMARTS) is 1. The van der Waals surface area contributed by atoms with Gasteiger partial charge in [0.15, 0.2) is 0 Å². The lowest BCUT2D eigenvalue weighted by molar-refractivity contribution is -0.138. The number of likely N-dealkylation sites (tertiary alicyclic amines) is 1.